The molecule has 0 aromatic heterocycles. The summed E-state index contributed by atoms with van der Waals surface area (Å²) in [5.74, 6) is 0.869. The van der Waals surface area contributed by atoms with Gasteiger partial charge in [0.15, 0.2) is 0 Å². The molecule has 0 saturated heterocycles. The zero-order valence-corrected chi connectivity index (χ0v) is 13.4. The molecule has 0 bridgehead atoms. The molecule has 3 N–H and O–H groups in total. The second-order valence-corrected chi connectivity index (χ2v) is 6.17. The fourth-order valence-electron chi connectivity index (χ4n) is 1.69. The molecular weight excluding hydrogens is 327 g/mol. The van der Waals surface area contributed by atoms with Crippen molar-refractivity contribution in [3.63, 3.8) is 0 Å². The molecule has 0 aliphatic carbocycles. The van der Waals surface area contributed by atoms with E-state index in [0.717, 1.165) is 5.56 Å². The molecule has 110 valence electrons. The average Bonchev–Trinajstić information content (AvgIpc) is 2.45. The number of anilines is 2. The molecule has 6 heteroatoms. The van der Waals surface area contributed by atoms with Gasteiger partial charge in [-0.2, -0.15) is 0 Å². The summed E-state index contributed by atoms with van der Waals surface area (Å²) in [6.45, 7) is 0. The third kappa shape index (κ3) is 4.84. The molecular formula is C15H14Cl2N2OS. The Balaban J connectivity index is 1.85. The highest BCUT2D eigenvalue weighted by atomic mass is 35.5. The molecule has 0 heterocycles. The lowest BCUT2D eigenvalue weighted by Gasteiger charge is -2.08. The lowest BCUT2D eigenvalue weighted by Crippen LogP contribution is -2.14. The van der Waals surface area contributed by atoms with Crippen LogP contribution >= 0.6 is 35.0 Å². The van der Waals surface area contributed by atoms with Crippen molar-refractivity contribution in [3.05, 3.63) is 58.1 Å². The Hall–Kier alpha value is -1.36. The van der Waals surface area contributed by atoms with Gasteiger partial charge in [0, 0.05) is 16.5 Å². The standard InChI is InChI=1S/C15H14Cl2N2OS/c16-12-4-2-1-3-10(12)8-21-9-15(20)19-14-7-11(18)5-6-13(14)17/h1-7H,8-9,18H2,(H,19,20). The summed E-state index contributed by atoms with van der Waals surface area (Å²) >= 11 is 13.5. The lowest BCUT2D eigenvalue weighted by atomic mass is 10.2. The number of rotatable bonds is 5. The van der Waals surface area contributed by atoms with Gasteiger partial charge in [0.1, 0.15) is 0 Å². The maximum absolute atomic E-state index is 11.9. The van der Waals surface area contributed by atoms with E-state index in [1.807, 2.05) is 24.3 Å². The number of amides is 1. The number of nitrogens with two attached hydrogens (primary N) is 1. The zero-order valence-electron chi connectivity index (χ0n) is 11.1. The minimum Gasteiger partial charge on any atom is -0.399 e. The van der Waals surface area contributed by atoms with E-state index in [9.17, 15) is 4.79 Å². The number of thioether (sulfide) groups is 1. The monoisotopic (exact) mass is 340 g/mol. The summed E-state index contributed by atoms with van der Waals surface area (Å²) < 4.78 is 0. The minimum absolute atomic E-state index is 0.125. The molecule has 0 fully saturated rings. The number of benzene rings is 2. The lowest BCUT2D eigenvalue weighted by molar-refractivity contribution is -0.113. The Morgan fingerprint density at radius 3 is 2.67 bits per heavy atom. The van der Waals surface area contributed by atoms with Crippen molar-refractivity contribution < 1.29 is 4.79 Å². The van der Waals surface area contributed by atoms with Crippen molar-refractivity contribution in [1.29, 1.82) is 0 Å². The van der Waals surface area contributed by atoms with Crippen LogP contribution in [0.4, 0.5) is 11.4 Å². The number of hydrogen-bond donors (Lipinski definition) is 2. The van der Waals surface area contributed by atoms with Crippen LogP contribution in [0.15, 0.2) is 42.5 Å². The van der Waals surface area contributed by atoms with Gasteiger partial charge in [-0.25, -0.2) is 0 Å². The van der Waals surface area contributed by atoms with Crippen molar-refractivity contribution in [1.82, 2.24) is 0 Å². The van der Waals surface area contributed by atoms with Gasteiger partial charge in [0.05, 0.1) is 16.5 Å². The van der Waals surface area contributed by atoms with Crippen molar-refractivity contribution in [2.45, 2.75) is 5.75 Å². The molecule has 3 nitrogen and oxygen atoms in total. The van der Waals surface area contributed by atoms with Gasteiger partial charge in [-0.15, -0.1) is 11.8 Å². The zero-order chi connectivity index (χ0) is 15.2. The number of carbonyl (C=O) groups excluding carboxylic acids is 1. The largest absolute Gasteiger partial charge is 0.399 e. The summed E-state index contributed by atoms with van der Waals surface area (Å²) in [7, 11) is 0. The van der Waals surface area contributed by atoms with E-state index in [0.29, 0.717) is 32.9 Å². The quantitative estimate of drug-likeness (QED) is 0.790. The van der Waals surface area contributed by atoms with Crippen LogP contribution in [0.5, 0.6) is 0 Å². The second kappa shape index (κ2) is 7.59. The molecule has 0 aliphatic rings. The third-order valence-corrected chi connectivity index (χ3v) is 4.39. The van der Waals surface area contributed by atoms with Gasteiger partial charge in [0.25, 0.3) is 0 Å². The summed E-state index contributed by atoms with van der Waals surface area (Å²) in [6.07, 6.45) is 0. The van der Waals surface area contributed by atoms with E-state index in [1.165, 1.54) is 11.8 Å². The van der Waals surface area contributed by atoms with E-state index in [-0.39, 0.29) is 5.91 Å². The van der Waals surface area contributed by atoms with Gasteiger partial charge < -0.3 is 11.1 Å². The van der Waals surface area contributed by atoms with Gasteiger partial charge in [-0.05, 0) is 29.8 Å². The minimum atomic E-state index is -0.125. The van der Waals surface area contributed by atoms with E-state index < -0.39 is 0 Å². The first-order valence-electron chi connectivity index (χ1n) is 6.22. The van der Waals surface area contributed by atoms with Crippen molar-refractivity contribution in [2.75, 3.05) is 16.8 Å². The molecule has 2 rings (SSSR count). The highest BCUT2D eigenvalue weighted by Gasteiger charge is 2.07. The topological polar surface area (TPSA) is 55.1 Å². The summed E-state index contributed by atoms with van der Waals surface area (Å²) in [5.41, 5.74) is 7.76. The Bertz CT molecular complexity index is 649. The Labute approximate surface area is 137 Å². The molecule has 0 aliphatic heterocycles. The number of nitrogens with one attached hydrogen (secondary N) is 1. The fraction of sp³-hybridized carbons (Fsp3) is 0.133. The van der Waals surface area contributed by atoms with Crippen LogP contribution in [0.2, 0.25) is 10.0 Å². The predicted molar refractivity (Wildman–Crippen MR) is 92.1 cm³/mol. The first kappa shape index (κ1) is 16.0. The maximum Gasteiger partial charge on any atom is 0.234 e. The Kier molecular flexibility index (Phi) is 5.79. The molecule has 0 saturated carbocycles. The number of halogens is 2. The molecule has 2 aromatic rings. The highest BCUT2D eigenvalue weighted by molar-refractivity contribution is 7.99. The maximum atomic E-state index is 11.9. The Morgan fingerprint density at radius 2 is 1.90 bits per heavy atom. The molecule has 21 heavy (non-hydrogen) atoms. The molecule has 0 atom stereocenters. The summed E-state index contributed by atoms with van der Waals surface area (Å²) in [6, 6.07) is 12.6. The SMILES string of the molecule is Nc1ccc(Cl)c(NC(=O)CSCc2ccccc2Cl)c1. The average molecular weight is 341 g/mol. The van der Waals surface area contributed by atoms with Crippen molar-refractivity contribution in [3.8, 4) is 0 Å². The van der Waals surface area contributed by atoms with Crippen LogP contribution in [0, 0.1) is 0 Å². The molecule has 0 unspecified atom stereocenters. The molecule has 2 aromatic carbocycles. The molecule has 1 amide bonds. The fourth-order valence-corrected chi connectivity index (χ4v) is 2.97. The van der Waals surface area contributed by atoms with Crippen LogP contribution in [-0.4, -0.2) is 11.7 Å². The summed E-state index contributed by atoms with van der Waals surface area (Å²) in [5, 5.41) is 3.93. The predicted octanol–water partition coefficient (Wildman–Crippen LogP) is 4.45. The van der Waals surface area contributed by atoms with E-state index in [1.54, 1.807) is 18.2 Å². The van der Waals surface area contributed by atoms with E-state index >= 15 is 0 Å². The molecule has 0 spiro atoms. The third-order valence-electron chi connectivity index (χ3n) is 2.71. The van der Waals surface area contributed by atoms with Gasteiger partial charge in [-0.1, -0.05) is 41.4 Å². The summed E-state index contributed by atoms with van der Waals surface area (Å²) in [4.78, 5) is 11.9. The first-order chi connectivity index (χ1) is 10.1. The number of carbonyl (C=O) groups is 1. The molecule has 0 radical (unpaired) electrons. The van der Waals surface area contributed by atoms with E-state index in [2.05, 4.69) is 5.32 Å². The van der Waals surface area contributed by atoms with Crippen LogP contribution in [0.25, 0.3) is 0 Å². The Morgan fingerprint density at radius 1 is 1.14 bits per heavy atom. The number of hydrogen-bond acceptors (Lipinski definition) is 3. The van der Waals surface area contributed by atoms with Gasteiger partial charge in [-0.3, -0.25) is 4.79 Å². The normalized spacial score (nSPS) is 10.4. The number of nitrogen functional groups attached to an aromatic ring is 1. The van der Waals surface area contributed by atoms with Gasteiger partial charge >= 0.3 is 0 Å². The second-order valence-electron chi connectivity index (χ2n) is 4.37. The van der Waals surface area contributed by atoms with Crippen molar-refractivity contribution in [2.24, 2.45) is 0 Å². The smallest absolute Gasteiger partial charge is 0.234 e. The van der Waals surface area contributed by atoms with Gasteiger partial charge in [0.2, 0.25) is 5.91 Å². The van der Waals surface area contributed by atoms with Crippen LogP contribution in [-0.2, 0) is 10.5 Å². The van der Waals surface area contributed by atoms with E-state index in [4.69, 9.17) is 28.9 Å². The van der Waals surface area contributed by atoms with Crippen LogP contribution < -0.4 is 11.1 Å². The van der Waals surface area contributed by atoms with Crippen LogP contribution in [0.1, 0.15) is 5.56 Å². The first-order valence-corrected chi connectivity index (χ1v) is 8.13. The van der Waals surface area contributed by atoms with Crippen molar-refractivity contribution >= 4 is 52.2 Å². The van der Waals surface area contributed by atoms with Crippen LogP contribution in [0.3, 0.4) is 0 Å². The highest BCUT2D eigenvalue weighted by Crippen LogP contribution is 2.25.